The number of non-ortho nitro benzene ring substituents is 1. The molecule has 1 aromatic carbocycles. The normalized spacial score (nSPS) is 15.3. The first-order chi connectivity index (χ1) is 8.88. The highest BCUT2D eigenvalue weighted by Crippen LogP contribution is 2.47. The van der Waals surface area contributed by atoms with Crippen LogP contribution < -0.4 is 5.32 Å². The minimum absolute atomic E-state index is 0.00777. The molecule has 100 valence electrons. The molecule has 1 aromatic rings. The molecule has 0 aromatic heterocycles. The molecule has 3 N–H and O–H groups in total. The van der Waals surface area contributed by atoms with Crippen LogP contribution >= 0.6 is 7.60 Å². The van der Waals surface area contributed by atoms with Gasteiger partial charge < -0.3 is 15.1 Å². The molecule has 1 aliphatic heterocycles. The number of nitro benzene ring substituents is 1. The molecule has 0 fully saturated rings. The van der Waals surface area contributed by atoms with Gasteiger partial charge in [0.2, 0.25) is 0 Å². The zero-order chi connectivity index (χ0) is 14.0. The number of nitrogens with zero attached hydrogens (tertiary/aromatic N) is 1. The summed E-state index contributed by atoms with van der Waals surface area (Å²) in [5.41, 5.74) is 1.37. The number of dihydropyridines is 1. The van der Waals surface area contributed by atoms with Crippen molar-refractivity contribution >= 4 is 19.0 Å². The fraction of sp³-hybridized carbons (Fsp3) is 0.0909. The molecule has 0 aliphatic carbocycles. The molecular formula is C11H11N2O5P. The maximum absolute atomic E-state index is 11.0. The summed E-state index contributed by atoms with van der Waals surface area (Å²) in [6.45, 7) is 0. The molecular weight excluding hydrogens is 271 g/mol. The van der Waals surface area contributed by atoms with Crippen LogP contribution in [-0.4, -0.2) is 14.7 Å². The van der Waals surface area contributed by atoms with Crippen molar-refractivity contribution in [1.82, 2.24) is 5.32 Å². The van der Waals surface area contributed by atoms with E-state index in [9.17, 15) is 14.7 Å². The molecule has 0 saturated heterocycles. The van der Waals surface area contributed by atoms with E-state index < -0.39 is 12.5 Å². The molecule has 0 spiro atoms. The number of benzene rings is 1. The van der Waals surface area contributed by atoms with Crippen LogP contribution in [0.1, 0.15) is 12.0 Å². The largest absolute Gasteiger partial charge is 0.361 e. The average Bonchev–Trinajstić information content (AvgIpc) is 2.38. The van der Waals surface area contributed by atoms with Gasteiger partial charge in [-0.05, 0) is 17.7 Å². The van der Waals surface area contributed by atoms with Gasteiger partial charge in [-0.3, -0.25) is 14.7 Å². The summed E-state index contributed by atoms with van der Waals surface area (Å²) in [5.74, 6) is 0. The molecule has 0 amide bonds. The second-order valence-electron chi connectivity index (χ2n) is 3.95. The van der Waals surface area contributed by atoms with Crippen LogP contribution in [0, 0.1) is 10.1 Å². The van der Waals surface area contributed by atoms with Gasteiger partial charge in [-0.25, -0.2) is 0 Å². The highest BCUT2D eigenvalue weighted by atomic mass is 31.2. The van der Waals surface area contributed by atoms with Crippen molar-refractivity contribution in [2.24, 2.45) is 0 Å². The van der Waals surface area contributed by atoms with Crippen molar-refractivity contribution in [2.45, 2.75) is 6.42 Å². The van der Waals surface area contributed by atoms with Gasteiger partial charge in [0.25, 0.3) is 5.69 Å². The second kappa shape index (κ2) is 4.97. The van der Waals surface area contributed by atoms with E-state index in [2.05, 4.69) is 5.32 Å². The van der Waals surface area contributed by atoms with Crippen LogP contribution in [-0.2, 0) is 4.57 Å². The van der Waals surface area contributed by atoms with E-state index in [0.717, 1.165) is 0 Å². The van der Waals surface area contributed by atoms with E-state index in [4.69, 9.17) is 9.79 Å². The standard InChI is InChI=1S/C11H11N2O5P/c14-13(15)9-3-1-8(2-4-9)11-6-5-10(7-12-11)19(16,17)18/h1-4,6-7,12H,5H2,(H2,16,17,18). The Labute approximate surface area is 108 Å². The third-order valence-corrected chi connectivity index (χ3v) is 3.73. The zero-order valence-electron chi connectivity index (χ0n) is 9.68. The van der Waals surface area contributed by atoms with Gasteiger partial charge in [0.15, 0.2) is 0 Å². The Bertz CT molecular complexity index is 614. The van der Waals surface area contributed by atoms with E-state index in [0.29, 0.717) is 11.3 Å². The lowest BCUT2D eigenvalue weighted by Crippen LogP contribution is -2.09. The van der Waals surface area contributed by atoms with E-state index >= 15 is 0 Å². The number of allylic oxidation sites excluding steroid dienone is 2. The van der Waals surface area contributed by atoms with Gasteiger partial charge >= 0.3 is 7.60 Å². The van der Waals surface area contributed by atoms with Gasteiger partial charge in [-0.15, -0.1) is 0 Å². The molecule has 1 aliphatic rings. The minimum Gasteiger partial charge on any atom is -0.361 e. The Morgan fingerprint density at radius 3 is 2.32 bits per heavy atom. The van der Waals surface area contributed by atoms with Crippen LogP contribution in [0.5, 0.6) is 0 Å². The molecule has 0 saturated carbocycles. The predicted molar refractivity (Wildman–Crippen MR) is 69.0 cm³/mol. The lowest BCUT2D eigenvalue weighted by molar-refractivity contribution is -0.384. The summed E-state index contributed by atoms with van der Waals surface area (Å²) >= 11 is 0. The first-order valence-electron chi connectivity index (χ1n) is 5.34. The van der Waals surface area contributed by atoms with Crippen molar-refractivity contribution in [3.63, 3.8) is 0 Å². The molecule has 0 unspecified atom stereocenters. The lowest BCUT2D eigenvalue weighted by atomic mass is 10.1. The van der Waals surface area contributed by atoms with Gasteiger partial charge in [-0.1, -0.05) is 6.08 Å². The molecule has 2 rings (SSSR count). The topological polar surface area (TPSA) is 113 Å². The van der Waals surface area contributed by atoms with Gasteiger partial charge in [0.05, 0.1) is 10.2 Å². The molecule has 0 radical (unpaired) electrons. The van der Waals surface area contributed by atoms with Crippen molar-refractivity contribution in [3.8, 4) is 0 Å². The van der Waals surface area contributed by atoms with E-state index in [1.165, 1.54) is 18.3 Å². The summed E-state index contributed by atoms with van der Waals surface area (Å²) in [5, 5.41) is 13.3. The van der Waals surface area contributed by atoms with Crippen LogP contribution in [0.25, 0.3) is 5.70 Å². The predicted octanol–water partition coefficient (Wildman–Crippen LogP) is 1.95. The smallest absolute Gasteiger partial charge is 0.353 e. The summed E-state index contributed by atoms with van der Waals surface area (Å²) < 4.78 is 11.0. The summed E-state index contributed by atoms with van der Waals surface area (Å²) in [6, 6.07) is 5.90. The van der Waals surface area contributed by atoms with Crippen molar-refractivity contribution in [3.05, 3.63) is 57.5 Å². The lowest BCUT2D eigenvalue weighted by Gasteiger charge is -2.16. The summed E-state index contributed by atoms with van der Waals surface area (Å²) in [6.07, 6.45) is 3.05. The third-order valence-electron chi connectivity index (χ3n) is 2.67. The Morgan fingerprint density at radius 2 is 1.89 bits per heavy atom. The number of nitrogens with one attached hydrogen (secondary N) is 1. The molecule has 7 nitrogen and oxygen atoms in total. The Morgan fingerprint density at radius 1 is 1.26 bits per heavy atom. The van der Waals surface area contributed by atoms with Gasteiger partial charge in [-0.2, -0.15) is 0 Å². The number of hydrogen-bond donors (Lipinski definition) is 3. The van der Waals surface area contributed by atoms with E-state index in [1.807, 2.05) is 0 Å². The first-order valence-corrected chi connectivity index (χ1v) is 6.96. The summed E-state index contributed by atoms with van der Waals surface area (Å²) in [7, 11) is -4.22. The molecule has 0 atom stereocenters. The van der Waals surface area contributed by atoms with Crippen LogP contribution in [0.15, 0.2) is 41.9 Å². The van der Waals surface area contributed by atoms with Crippen LogP contribution in [0.3, 0.4) is 0 Å². The molecule has 8 heteroatoms. The first kappa shape index (κ1) is 13.5. The SMILES string of the molecule is O=[N+]([O-])c1ccc(C2=CCC(P(=O)(O)O)=CN2)cc1. The van der Waals surface area contributed by atoms with Crippen molar-refractivity contribution in [2.75, 3.05) is 0 Å². The highest BCUT2D eigenvalue weighted by Gasteiger charge is 2.22. The molecule has 19 heavy (non-hydrogen) atoms. The van der Waals surface area contributed by atoms with Crippen LogP contribution in [0.4, 0.5) is 5.69 Å². The monoisotopic (exact) mass is 282 g/mol. The Kier molecular flexibility index (Phi) is 3.53. The molecule has 0 bridgehead atoms. The summed E-state index contributed by atoms with van der Waals surface area (Å²) in [4.78, 5) is 28.0. The Balaban J connectivity index is 2.16. The average molecular weight is 282 g/mol. The second-order valence-corrected chi connectivity index (χ2v) is 5.61. The fourth-order valence-electron chi connectivity index (χ4n) is 1.65. The fourth-order valence-corrected chi connectivity index (χ4v) is 2.21. The van der Waals surface area contributed by atoms with Gasteiger partial charge in [0, 0.05) is 30.5 Å². The maximum Gasteiger partial charge on any atom is 0.353 e. The number of rotatable bonds is 3. The number of nitro groups is 1. The quantitative estimate of drug-likeness (QED) is 0.443. The maximum atomic E-state index is 11.0. The van der Waals surface area contributed by atoms with Gasteiger partial charge in [0.1, 0.15) is 0 Å². The minimum atomic E-state index is -4.22. The van der Waals surface area contributed by atoms with Crippen molar-refractivity contribution in [1.29, 1.82) is 0 Å². The molecule has 1 heterocycles. The third kappa shape index (κ3) is 3.08. The number of hydrogen-bond acceptors (Lipinski definition) is 4. The van der Waals surface area contributed by atoms with E-state index in [-0.39, 0.29) is 17.4 Å². The van der Waals surface area contributed by atoms with Crippen molar-refractivity contribution < 1.29 is 19.3 Å². The van der Waals surface area contributed by atoms with E-state index in [1.54, 1.807) is 18.2 Å². The van der Waals surface area contributed by atoms with Crippen LogP contribution in [0.2, 0.25) is 0 Å². The highest BCUT2D eigenvalue weighted by molar-refractivity contribution is 7.56. The zero-order valence-corrected chi connectivity index (χ0v) is 10.6. The Hall–Kier alpha value is -1.95.